The minimum Gasteiger partial charge on any atom is -0.455 e. The van der Waals surface area contributed by atoms with Gasteiger partial charge in [-0.25, -0.2) is 32.5 Å². The van der Waals surface area contributed by atoms with Crippen LogP contribution in [-0.4, -0.2) is 118 Å². The van der Waals surface area contributed by atoms with E-state index >= 15 is 4.39 Å². The third-order valence-electron chi connectivity index (χ3n) is 15.0. The number of nitro benzene ring substituents is 1. The first-order valence-electron chi connectivity index (χ1n) is 24.0. The Morgan fingerprint density at radius 1 is 0.986 bits per heavy atom. The van der Waals surface area contributed by atoms with Crippen LogP contribution in [0.1, 0.15) is 98.7 Å². The smallest absolute Gasteiger partial charge is 0.401 e. The van der Waals surface area contributed by atoms with Crippen molar-refractivity contribution >= 4 is 55.2 Å². The Morgan fingerprint density at radius 2 is 1.75 bits per heavy atom. The number of amides is 1. The van der Waals surface area contributed by atoms with Crippen molar-refractivity contribution in [1.82, 2.24) is 39.4 Å². The molecular formula is C49H55F4N11O6S. The Balaban J connectivity index is 0.861. The second-order valence-corrected chi connectivity index (χ2v) is 21.6. The summed E-state index contributed by atoms with van der Waals surface area (Å²) in [6, 6.07) is 15.7. The molecule has 3 saturated heterocycles. The van der Waals surface area contributed by atoms with Crippen LogP contribution in [0.4, 0.5) is 34.8 Å². The highest BCUT2D eigenvalue weighted by molar-refractivity contribution is 7.90. The van der Waals surface area contributed by atoms with Gasteiger partial charge in [-0.15, -0.1) is 0 Å². The number of benzene rings is 2. The number of fused-ring (bicyclic) bond motifs is 2. The van der Waals surface area contributed by atoms with E-state index in [2.05, 4.69) is 78.1 Å². The van der Waals surface area contributed by atoms with Crippen LogP contribution in [0, 0.1) is 15.5 Å². The van der Waals surface area contributed by atoms with Gasteiger partial charge < -0.3 is 24.9 Å². The lowest BCUT2D eigenvalue weighted by Crippen LogP contribution is -2.55. The minimum atomic E-state index is -4.93. The zero-order valence-corrected chi connectivity index (χ0v) is 40.1. The molecule has 4 aromatic heterocycles. The Hall–Kier alpha value is -6.39. The fourth-order valence-corrected chi connectivity index (χ4v) is 12.4. The number of halogens is 4. The molecule has 10 rings (SSSR count). The van der Waals surface area contributed by atoms with Gasteiger partial charge in [-0.05, 0) is 92.5 Å². The zero-order chi connectivity index (χ0) is 49.9. The van der Waals surface area contributed by atoms with Crippen molar-refractivity contribution in [2.45, 2.75) is 100.0 Å². The normalized spacial score (nSPS) is 19.9. The largest absolute Gasteiger partial charge is 0.455 e. The molecule has 0 radical (unpaired) electrons. The van der Waals surface area contributed by atoms with Crippen LogP contribution in [0.25, 0.3) is 22.1 Å². The van der Waals surface area contributed by atoms with E-state index in [1.807, 2.05) is 4.72 Å². The number of hydrogen-bond donors (Lipinski definition) is 4. The van der Waals surface area contributed by atoms with Crippen LogP contribution in [0.2, 0.25) is 0 Å². The first-order chi connectivity index (χ1) is 33.9. The number of piperidine rings is 2. The first kappa shape index (κ1) is 48.2. The van der Waals surface area contributed by atoms with Gasteiger partial charge in [-0.2, -0.15) is 13.2 Å². The molecule has 1 amide bonds. The van der Waals surface area contributed by atoms with Gasteiger partial charge in [-0.1, -0.05) is 38.1 Å². The number of hydrogen-bond acceptors (Lipinski definition) is 13. The summed E-state index contributed by atoms with van der Waals surface area (Å²) in [5.74, 6) is 0.0982. The molecule has 2 aromatic carbocycles. The van der Waals surface area contributed by atoms with Crippen molar-refractivity contribution in [1.29, 1.82) is 0 Å². The number of ether oxygens (including phenoxy) is 1. The lowest BCUT2D eigenvalue weighted by Gasteiger charge is -2.56. The van der Waals surface area contributed by atoms with Crippen molar-refractivity contribution in [3.63, 3.8) is 0 Å². The number of H-pyrrole nitrogens is 2. The number of nitro groups is 1. The Labute approximate surface area is 407 Å². The second-order valence-electron chi connectivity index (χ2n) is 19.9. The standard InChI is InChI=1S/C49H55F4N11O6S/c1-30(2)34-6-3-4-7-35(34)37-8-5-15-63(37)32-23-47(24-32)10-18-62(19-11-47)41-22-39(70-33-20-31-9-14-54-45(31)56-25-33)36(26-55-41)46(65)60-71(68,69)40-21-38(64(66)67)42(44-43(40)58-29-59-44)57-27-48(50)12-16-61(17-13-48)28-49(51,52)53/h3-4,6-7,9,14,20-22,25-26,29-30,32,37,57H,5,8,10-13,15-19,23-24,27-28H2,1-2H3,(H,54,56)(H,58,59)(H,60,65). The molecule has 17 nitrogen and oxygen atoms in total. The van der Waals surface area contributed by atoms with Gasteiger partial charge in [0.05, 0.1) is 29.5 Å². The third kappa shape index (κ3) is 9.84. The molecule has 1 unspecified atom stereocenters. The highest BCUT2D eigenvalue weighted by atomic mass is 32.2. The van der Waals surface area contributed by atoms with Crippen molar-refractivity contribution in [2.24, 2.45) is 5.41 Å². The summed E-state index contributed by atoms with van der Waals surface area (Å²) >= 11 is 0. The number of nitrogens with one attached hydrogen (secondary N) is 4. The predicted octanol–water partition coefficient (Wildman–Crippen LogP) is 9.14. The van der Waals surface area contributed by atoms with Crippen molar-refractivity contribution in [2.75, 3.05) is 56.0 Å². The molecule has 1 saturated carbocycles. The molecule has 6 aromatic rings. The number of likely N-dealkylation sites (tertiary alicyclic amines) is 2. The van der Waals surface area contributed by atoms with E-state index < -0.39 is 56.4 Å². The molecule has 1 atom stereocenters. The highest BCUT2D eigenvalue weighted by Gasteiger charge is 2.50. The van der Waals surface area contributed by atoms with Crippen molar-refractivity contribution in [3.05, 3.63) is 100 Å². The molecule has 3 aliphatic heterocycles. The molecule has 4 N–H and O–H groups in total. The number of carbonyl (C=O) groups is 1. The van der Waals surface area contributed by atoms with Crippen molar-refractivity contribution < 1.29 is 40.4 Å². The topological polar surface area (TPSA) is 208 Å². The lowest BCUT2D eigenvalue weighted by molar-refractivity contribution is -0.384. The Morgan fingerprint density at radius 3 is 2.48 bits per heavy atom. The molecular weight excluding hydrogens is 947 g/mol. The van der Waals surface area contributed by atoms with E-state index in [-0.39, 0.29) is 65.1 Å². The van der Waals surface area contributed by atoms with Gasteiger partial charge in [-0.3, -0.25) is 24.7 Å². The summed E-state index contributed by atoms with van der Waals surface area (Å²) < 4.78 is 91.5. The number of anilines is 2. The minimum absolute atomic E-state index is 0.00929. The van der Waals surface area contributed by atoms with E-state index in [0.717, 1.165) is 54.9 Å². The monoisotopic (exact) mass is 1000 g/mol. The van der Waals surface area contributed by atoms with Crippen molar-refractivity contribution in [3.8, 4) is 11.5 Å². The van der Waals surface area contributed by atoms with Crippen LogP contribution in [-0.2, 0) is 10.0 Å². The number of imidazole rings is 1. The average molecular weight is 1000 g/mol. The van der Waals surface area contributed by atoms with Gasteiger partial charge in [0.25, 0.3) is 21.6 Å². The summed E-state index contributed by atoms with van der Waals surface area (Å²) in [6.45, 7) is 4.98. The number of alkyl halides is 4. The van der Waals surface area contributed by atoms with E-state index in [0.29, 0.717) is 42.6 Å². The summed E-state index contributed by atoms with van der Waals surface area (Å²) in [7, 11) is -4.93. The zero-order valence-electron chi connectivity index (χ0n) is 39.3. The fraction of sp³-hybridized carbons (Fsp3) is 0.469. The molecule has 7 heterocycles. The van der Waals surface area contributed by atoms with Crippen LogP contribution in [0.3, 0.4) is 0 Å². The van der Waals surface area contributed by atoms with E-state index in [4.69, 9.17) is 4.74 Å². The number of pyridine rings is 2. The van der Waals surface area contributed by atoms with Crippen LogP contribution >= 0.6 is 0 Å². The van der Waals surface area contributed by atoms with E-state index in [9.17, 15) is 36.5 Å². The summed E-state index contributed by atoms with van der Waals surface area (Å²) in [5.41, 5.74) is -0.0837. The summed E-state index contributed by atoms with van der Waals surface area (Å²) in [4.78, 5) is 49.9. The van der Waals surface area contributed by atoms with Gasteiger partial charge in [0.1, 0.15) is 50.3 Å². The molecule has 1 spiro atoms. The maximum absolute atomic E-state index is 15.9. The predicted molar refractivity (Wildman–Crippen MR) is 258 cm³/mol. The average Bonchev–Trinajstić information content (AvgIpc) is 4.12. The fourth-order valence-electron chi connectivity index (χ4n) is 11.3. The summed E-state index contributed by atoms with van der Waals surface area (Å²) in [6.07, 6.45) is 7.04. The van der Waals surface area contributed by atoms with Crippen LogP contribution < -0.4 is 19.7 Å². The molecule has 0 bridgehead atoms. The van der Waals surface area contributed by atoms with Gasteiger partial charge in [0.2, 0.25) is 0 Å². The molecule has 4 aliphatic rings. The first-order valence-corrected chi connectivity index (χ1v) is 25.5. The van der Waals surface area contributed by atoms with Crippen LogP contribution in [0.15, 0.2) is 78.3 Å². The number of aromatic nitrogens is 5. The Kier molecular flexibility index (Phi) is 12.7. The second kappa shape index (κ2) is 18.7. The van der Waals surface area contributed by atoms with E-state index in [1.165, 1.54) is 36.4 Å². The molecule has 22 heteroatoms. The van der Waals surface area contributed by atoms with Gasteiger partial charge in [0.15, 0.2) is 0 Å². The number of aromatic amines is 2. The van der Waals surface area contributed by atoms with Gasteiger partial charge >= 0.3 is 6.18 Å². The maximum atomic E-state index is 15.9. The number of carbonyl (C=O) groups excluding carboxylic acids is 1. The van der Waals surface area contributed by atoms with Gasteiger partial charge in [0, 0.05) is 74.7 Å². The lowest BCUT2D eigenvalue weighted by atomic mass is 9.60. The molecule has 1 aliphatic carbocycles. The summed E-state index contributed by atoms with van der Waals surface area (Å²) in [5, 5.41) is 15.9. The quantitative estimate of drug-likeness (QED) is 0.0457. The Bertz CT molecular complexity index is 3090. The van der Waals surface area contributed by atoms with Crippen LogP contribution in [0.5, 0.6) is 11.5 Å². The SMILES string of the molecule is CC(C)c1ccccc1C1CCCN1C1CC2(CCN(c3cc(Oc4cnc5[nH]ccc5c4)c(C(=O)NS(=O)(=O)c4cc([N+](=O)[O-])c(NCC5(F)CCN(CC(F)(F)F)CC5)c5[nH]cnc45)cn3)CC2)C1. The highest BCUT2D eigenvalue weighted by Crippen LogP contribution is 2.54. The number of rotatable bonds is 14. The molecule has 71 heavy (non-hydrogen) atoms. The van der Waals surface area contributed by atoms with E-state index in [1.54, 1.807) is 24.4 Å². The maximum Gasteiger partial charge on any atom is 0.401 e. The molecule has 4 fully saturated rings. The number of nitrogens with zero attached hydrogens (tertiary/aromatic N) is 7. The third-order valence-corrected chi connectivity index (χ3v) is 16.4. The molecule has 376 valence electrons. The number of sulfonamides is 1.